The maximum atomic E-state index is 13.1. The SMILES string of the molecule is COC(=O)c1c(NC(=O)C2CCOC2)c2cc(NCc3ccco3)cnc2n1CCc1ccccc1. The molecule has 1 amide bonds. The highest BCUT2D eigenvalue weighted by Gasteiger charge is 2.29. The third-order valence-electron chi connectivity index (χ3n) is 6.34. The number of hydrogen-bond acceptors (Lipinski definition) is 7. The first-order chi connectivity index (χ1) is 17.6. The van der Waals surface area contributed by atoms with Gasteiger partial charge in [-0.15, -0.1) is 0 Å². The first-order valence-corrected chi connectivity index (χ1v) is 11.9. The molecule has 5 rings (SSSR count). The highest BCUT2D eigenvalue weighted by atomic mass is 16.5. The van der Waals surface area contributed by atoms with Gasteiger partial charge in [-0.25, -0.2) is 9.78 Å². The molecule has 0 bridgehead atoms. The number of aromatic nitrogens is 2. The van der Waals surface area contributed by atoms with E-state index < -0.39 is 5.97 Å². The van der Waals surface area contributed by atoms with Gasteiger partial charge in [-0.05, 0) is 36.6 Å². The van der Waals surface area contributed by atoms with Crippen molar-refractivity contribution in [3.63, 3.8) is 0 Å². The summed E-state index contributed by atoms with van der Waals surface area (Å²) in [5.41, 5.74) is 3.12. The van der Waals surface area contributed by atoms with Crippen LogP contribution in [-0.2, 0) is 33.8 Å². The van der Waals surface area contributed by atoms with E-state index in [0.717, 1.165) is 17.0 Å². The Morgan fingerprint density at radius 3 is 2.78 bits per heavy atom. The normalized spacial score (nSPS) is 15.2. The van der Waals surface area contributed by atoms with Gasteiger partial charge in [-0.3, -0.25) is 4.79 Å². The number of fused-ring (bicyclic) bond motifs is 1. The van der Waals surface area contributed by atoms with Crippen molar-refractivity contribution in [3.8, 4) is 0 Å². The van der Waals surface area contributed by atoms with Gasteiger partial charge >= 0.3 is 5.97 Å². The van der Waals surface area contributed by atoms with E-state index in [1.54, 1.807) is 12.5 Å². The highest BCUT2D eigenvalue weighted by Crippen LogP contribution is 2.34. The first-order valence-electron chi connectivity index (χ1n) is 11.9. The van der Waals surface area contributed by atoms with E-state index in [4.69, 9.17) is 13.9 Å². The lowest BCUT2D eigenvalue weighted by atomic mass is 10.1. The van der Waals surface area contributed by atoms with Crippen molar-refractivity contribution < 1.29 is 23.5 Å². The highest BCUT2D eigenvalue weighted by molar-refractivity contribution is 6.11. The van der Waals surface area contributed by atoms with Crippen LogP contribution in [0.4, 0.5) is 11.4 Å². The second-order valence-electron chi connectivity index (χ2n) is 8.68. The smallest absolute Gasteiger partial charge is 0.356 e. The molecule has 0 radical (unpaired) electrons. The molecular formula is C27H28N4O5. The summed E-state index contributed by atoms with van der Waals surface area (Å²) in [6, 6.07) is 15.6. The number of carbonyl (C=O) groups is 2. The standard InChI is InChI=1S/C27H28N4O5/c1-34-27(33)24-23(30-26(32)19-10-13-35-17-19)22-14-20(28-16-21-8-5-12-36-21)15-29-25(22)31(24)11-9-18-6-3-2-4-7-18/h2-8,12,14-15,19,28H,9-11,13,16-17H2,1H3,(H,30,32). The van der Waals surface area contributed by atoms with Gasteiger partial charge in [-0.1, -0.05) is 30.3 Å². The van der Waals surface area contributed by atoms with Crippen molar-refractivity contribution in [2.45, 2.75) is 25.9 Å². The van der Waals surface area contributed by atoms with Crippen LogP contribution >= 0.6 is 0 Å². The van der Waals surface area contributed by atoms with Crippen molar-refractivity contribution >= 4 is 34.3 Å². The van der Waals surface area contributed by atoms with Crippen LogP contribution in [0.5, 0.6) is 0 Å². The lowest BCUT2D eigenvalue weighted by Gasteiger charge is -2.12. The maximum absolute atomic E-state index is 13.1. The molecule has 3 aromatic heterocycles. The molecule has 1 aromatic carbocycles. The molecule has 1 saturated heterocycles. The second-order valence-corrected chi connectivity index (χ2v) is 8.68. The van der Waals surface area contributed by atoms with Gasteiger partial charge in [-0.2, -0.15) is 0 Å². The molecule has 36 heavy (non-hydrogen) atoms. The summed E-state index contributed by atoms with van der Waals surface area (Å²) in [5, 5.41) is 6.94. The van der Waals surface area contributed by atoms with Crippen LogP contribution in [0, 0.1) is 5.92 Å². The number of furan rings is 1. The zero-order valence-corrected chi connectivity index (χ0v) is 20.0. The van der Waals surface area contributed by atoms with Crippen LogP contribution in [0.25, 0.3) is 11.0 Å². The summed E-state index contributed by atoms with van der Waals surface area (Å²) < 4.78 is 17.8. The number of methoxy groups -OCH3 is 1. The molecule has 9 nitrogen and oxygen atoms in total. The molecule has 9 heteroatoms. The molecule has 1 aliphatic heterocycles. The number of rotatable bonds is 9. The second kappa shape index (κ2) is 10.7. The molecule has 2 N–H and O–H groups in total. The van der Waals surface area contributed by atoms with E-state index >= 15 is 0 Å². The molecule has 0 saturated carbocycles. The molecule has 4 heterocycles. The van der Waals surface area contributed by atoms with Crippen LogP contribution in [0.3, 0.4) is 0 Å². The molecule has 0 spiro atoms. The van der Waals surface area contributed by atoms with Gasteiger partial charge in [0.25, 0.3) is 0 Å². The Balaban J connectivity index is 1.55. The number of anilines is 2. The number of aryl methyl sites for hydroxylation is 2. The number of ether oxygens (including phenoxy) is 2. The van der Waals surface area contributed by atoms with Crippen LogP contribution in [-0.4, -0.2) is 41.8 Å². The fourth-order valence-corrected chi connectivity index (χ4v) is 4.43. The van der Waals surface area contributed by atoms with Gasteiger partial charge < -0.3 is 29.1 Å². The quantitative estimate of drug-likeness (QED) is 0.339. The zero-order valence-electron chi connectivity index (χ0n) is 20.0. The Labute approximate surface area is 208 Å². The summed E-state index contributed by atoms with van der Waals surface area (Å²) >= 11 is 0. The Morgan fingerprint density at radius 1 is 1.19 bits per heavy atom. The summed E-state index contributed by atoms with van der Waals surface area (Å²) in [5.74, 6) is -0.218. The third kappa shape index (κ3) is 4.96. The lowest BCUT2D eigenvalue weighted by Crippen LogP contribution is -2.24. The van der Waals surface area contributed by atoms with Gasteiger partial charge in [0.2, 0.25) is 5.91 Å². The zero-order chi connectivity index (χ0) is 24.9. The van der Waals surface area contributed by atoms with Crippen LogP contribution < -0.4 is 10.6 Å². The minimum atomic E-state index is -0.538. The van der Waals surface area contributed by atoms with Crippen LogP contribution in [0.15, 0.2) is 65.4 Å². The van der Waals surface area contributed by atoms with E-state index in [0.29, 0.717) is 55.9 Å². The average Bonchev–Trinajstić information content (AvgIpc) is 3.68. The van der Waals surface area contributed by atoms with Crippen LogP contribution in [0.1, 0.15) is 28.2 Å². The van der Waals surface area contributed by atoms with Crippen LogP contribution in [0.2, 0.25) is 0 Å². The van der Waals surface area contributed by atoms with Crippen molar-refractivity contribution in [2.75, 3.05) is 31.0 Å². The average molecular weight is 489 g/mol. The summed E-state index contributed by atoms with van der Waals surface area (Å²) in [6.07, 6.45) is 4.65. The van der Waals surface area contributed by atoms with Gasteiger partial charge in [0.15, 0.2) is 5.69 Å². The van der Waals surface area contributed by atoms with E-state index in [1.807, 2.05) is 53.1 Å². The van der Waals surface area contributed by atoms with Crippen molar-refractivity contribution in [1.29, 1.82) is 0 Å². The largest absolute Gasteiger partial charge is 0.467 e. The summed E-state index contributed by atoms with van der Waals surface area (Å²) in [7, 11) is 1.34. The third-order valence-corrected chi connectivity index (χ3v) is 6.34. The number of esters is 1. The van der Waals surface area contributed by atoms with E-state index in [-0.39, 0.29) is 17.5 Å². The van der Waals surface area contributed by atoms with Crippen molar-refractivity contribution in [3.05, 3.63) is 78.0 Å². The van der Waals surface area contributed by atoms with Crippen molar-refractivity contribution in [1.82, 2.24) is 9.55 Å². The number of hydrogen-bond donors (Lipinski definition) is 2. The Morgan fingerprint density at radius 2 is 2.06 bits per heavy atom. The molecule has 1 aliphatic rings. The number of amides is 1. The topological polar surface area (TPSA) is 108 Å². The van der Waals surface area contributed by atoms with Crippen molar-refractivity contribution in [2.24, 2.45) is 5.92 Å². The first kappa shape index (κ1) is 23.6. The number of nitrogens with zero attached hydrogens (tertiary/aromatic N) is 2. The van der Waals surface area contributed by atoms with Gasteiger partial charge in [0.05, 0.1) is 50.0 Å². The van der Waals surface area contributed by atoms with Gasteiger partial charge in [0.1, 0.15) is 11.4 Å². The Bertz CT molecular complexity index is 1340. The summed E-state index contributed by atoms with van der Waals surface area (Å²) in [6.45, 7) is 1.86. The number of benzene rings is 1. The van der Waals surface area contributed by atoms with E-state index in [2.05, 4.69) is 15.6 Å². The predicted octanol–water partition coefficient (Wildman–Crippen LogP) is 4.25. The number of carbonyl (C=O) groups excluding carboxylic acids is 2. The number of pyridine rings is 1. The van der Waals surface area contributed by atoms with E-state index in [9.17, 15) is 9.59 Å². The van der Waals surface area contributed by atoms with Gasteiger partial charge in [0, 0.05) is 18.5 Å². The monoisotopic (exact) mass is 488 g/mol. The number of nitrogens with one attached hydrogen (secondary N) is 2. The Kier molecular flexibility index (Phi) is 6.99. The molecular weight excluding hydrogens is 460 g/mol. The molecule has 4 aromatic rings. The molecule has 0 aliphatic carbocycles. The molecule has 186 valence electrons. The Hall–Kier alpha value is -4.11. The lowest BCUT2D eigenvalue weighted by molar-refractivity contribution is -0.119. The minimum Gasteiger partial charge on any atom is -0.467 e. The summed E-state index contributed by atoms with van der Waals surface area (Å²) in [4.78, 5) is 30.8. The van der Waals surface area contributed by atoms with E-state index in [1.165, 1.54) is 7.11 Å². The minimum absolute atomic E-state index is 0.186. The molecule has 1 fully saturated rings. The predicted molar refractivity (Wildman–Crippen MR) is 135 cm³/mol. The maximum Gasteiger partial charge on any atom is 0.356 e. The molecule has 1 atom stereocenters. The fraction of sp³-hybridized carbons (Fsp3) is 0.296. The molecule has 1 unspecified atom stereocenters. The fourth-order valence-electron chi connectivity index (χ4n) is 4.43.